The fraction of sp³-hybridized carbons (Fsp3) is 0.643. The van der Waals surface area contributed by atoms with E-state index in [2.05, 4.69) is 20.4 Å². The van der Waals surface area contributed by atoms with Gasteiger partial charge in [0, 0.05) is 26.2 Å². The number of fused-ring (bicyclic) bond motifs is 1. The van der Waals surface area contributed by atoms with E-state index < -0.39 is 15.3 Å². The summed E-state index contributed by atoms with van der Waals surface area (Å²) in [6.45, 7) is 4.32. The molecule has 132 valence electrons. The Morgan fingerprint density at radius 3 is 2.62 bits per heavy atom. The highest BCUT2D eigenvalue weighted by molar-refractivity contribution is 7.89. The van der Waals surface area contributed by atoms with Crippen LogP contribution in [0.2, 0.25) is 0 Å². The highest BCUT2D eigenvalue weighted by atomic mass is 32.2. The van der Waals surface area contributed by atoms with Gasteiger partial charge in [-0.15, -0.1) is 0 Å². The summed E-state index contributed by atoms with van der Waals surface area (Å²) in [5, 5.41) is 7.27. The smallest absolute Gasteiger partial charge is 0.263 e. The molecule has 3 heterocycles. The molecule has 2 N–H and O–H groups in total. The van der Waals surface area contributed by atoms with Crippen LogP contribution in [0.4, 0.5) is 5.95 Å². The predicted molar refractivity (Wildman–Crippen MR) is 91.4 cm³/mol. The van der Waals surface area contributed by atoms with Gasteiger partial charge in [0.05, 0.1) is 11.4 Å². The minimum atomic E-state index is -3.21. The lowest BCUT2D eigenvalue weighted by molar-refractivity contribution is 0.326. The Kier molecular flexibility index (Phi) is 4.35. The first-order valence-corrected chi connectivity index (χ1v) is 9.47. The van der Waals surface area contributed by atoms with Crippen LogP contribution in [-0.2, 0) is 17.1 Å². The number of aromatic nitrogens is 4. The molecule has 0 saturated carbocycles. The molecule has 0 unspecified atom stereocenters. The van der Waals surface area contributed by atoms with E-state index in [0.29, 0.717) is 42.9 Å². The number of nitrogens with one attached hydrogen (secondary N) is 2. The van der Waals surface area contributed by atoms with Crippen LogP contribution >= 0.6 is 0 Å². The molecule has 1 aliphatic rings. The minimum absolute atomic E-state index is 0.0671. The molecule has 9 nitrogen and oxygen atoms in total. The summed E-state index contributed by atoms with van der Waals surface area (Å²) in [5.41, 5.74) is 0.275. The molecule has 0 aliphatic carbocycles. The third-order valence-electron chi connectivity index (χ3n) is 4.35. The average molecular weight is 354 g/mol. The summed E-state index contributed by atoms with van der Waals surface area (Å²) < 4.78 is 27.5. The van der Waals surface area contributed by atoms with Gasteiger partial charge in [0.2, 0.25) is 16.0 Å². The summed E-state index contributed by atoms with van der Waals surface area (Å²) in [6, 6.07) is 0.0671. The Morgan fingerprint density at radius 1 is 1.33 bits per heavy atom. The van der Waals surface area contributed by atoms with Gasteiger partial charge in [0.25, 0.3) is 5.56 Å². The molecule has 24 heavy (non-hydrogen) atoms. The fourth-order valence-corrected chi connectivity index (χ4v) is 4.16. The van der Waals surface area contributed by atoms with Gasteiger partial charge in [0.1, 0.15) is 5.39 Å². The van der Waals surface area contributed by atoms with Gasteiger partial charge in [-0.1, -0.05) is 0 Å². The highest BCUT2D eigenvalue weighted by Gasteiger charge is 2.30. The molecule has 0 amide bonds. The Labute approximate surface area is 140 Å². The van der Waals surface area contributed by atoms with E-state index in [1.54, 1.807) is 25.6 Å². The highest BCUT2D eigenvalue weighted by Crippen LogP contribution is 2.19. The SMILES string of the molecule is CC(C)S(=O)(=O)N1CCC(Nc2nc3c(cnn3C)c(=O)[nH]2)CC1. The van der Waals surface area contributed by atoms with Crippen molar-refractivity contribution in [1.82, 2.24) is 24.1 Å². The first-order valence-electron chi connectivity index (χ1n) is 7.96. The Hall–Kier alpha value is -1.94. The normalized spacial score (nSPS) is 17.7. The second-order valence-corrected chi connectivity index (χ2v) is 8.82. The maximum absolute atomic E-state index is 12.2. The number of hydrogen-bond acceptors (Lipinski definition) is 6. The van der Waals surface area contributed by atoms with Gasteiger partial charge in [-0.2, -0.15) is 10.1 Å². The number of aryl methyl sites for hydroxylation is 1. The van der Waals surface area contributed by atoms with E-state index >= 15 is 0 Å². The van der Waals surface area contributed by atoms with Crippen LogP contribution in [0, 0.1) is 0 Å². The third-order valence-corrected chi connectivity index (χ3v) is 6.63. The van der Waals surface area contributed by atoms with Gasteiger partial charge in [-0.05, 0) is 26.7 Å². The number of sulfonamides is 1. The molecule has 1 fully saturated rings. The quantitative estimate of drug-likeness (QED) is 0.815. The first-order chi connectivity index (χ1) is 11.3. The molecular formula is C14H22N6O3S. The molecule has 0 radical (unpaired) electrons. The molecule has 0 atom stereocenters. The predicted octanol–water partition coefficient (Wildman–Crippen LogP) is 0.271. The largest absolute Gasteiger partial charge is 0.353 e. The molecular weight excluding hydrogens is 332 g/mol. The van der Waals surface area contributed by atoms with Crippen LogP contribution in [-0.4, -0.2) is 56.9 Å². The van der Waals surface area contributed by atoms with Gasteiger partial charge < -0.3 is 5.32 Å². The van der Waals surface area contributed by atoms with Crippen LogP contribution in [0.5, 0.6) is 0 Å². The van der Waals surface area contributed by atoms with E-state index in [9.17, 15) is 13.2 Å². The summed E-state index contributed by atoms with van der Waals surface area (Å²) in [7, 11) is -1.48. The van der Waals surface area contributed by atoms with Crippen molar-refractivity contribution in [3.8, 4) is 0 Å². The van der Waals surface area contributed by atoms with E-state index in [-0.39, 0.29) is 11.6 Å². The molecule has 0 spiro atoms. The first kappa shape index (κ1) is 16.9. The second-order valence-electron chi connectivity index (χ2n) is 6.33. The van der Waals surface area contributed by atoms with Gasteiger partial charge in [-0.3, -0.25) is 14.5 Å². The molecule has 0 bridgehead atoms. The topological polar surface area (TPSA) is 113 Å². The van der Waals surface area contributed by atoms with Crippen molar-refractivity contribution in [3.63, 3.8) is 0 Å². The molecule has 1 aliphatic heterocycles. The number of piperidine rings is 1. The van der Waals surface area contributed by atoms with Gasteiger partial charge >= 0.3 is 0 Å². The standard InChI is InChI=1S/C14H22N6O3S/c1-9(2)24(22,23)20-6-4-10(5-7-20)16-14-17-12-11(13(21)18-14)8-15-19(12)3/h8-10H,4-7H2,1-3H3,(H2,16,17,18,21). The molecule has 1 saturated heterocycles. The summed E-state index contributed by atoms with van der Waals surface area (Å²) in [6.07, 6.45) is 2.82. The van der Waals surface area contributed by atoms with E-state index in [4.69, 9.17) is 0 Å². The van der Waals surface area contributed by atoms with Crippen molar-refractivity contribution in [3.05, 3.63) is 16.6 Å². The Bertz CT molecular complexity index is 893. The Morgan fingerprint density at radius 2 is 2.00 bits per heavy atom. The molecule has 2 aromatic rings. The third kappa shape index (κ3) is 3.03. The average Bonchev–Trinajstić information content (AvgIpc) is 2.90. The number of rotatable bonds is 4. The Balaban J connectivity index is 1.71. The van der Waals surface area contributed by atoms with E-state index in [1.807, 2.05) is 0 Å². The molecule has 0 aromatic carbocycles. The zero-order chi connectivity index (χ0) is 17.5. The second kappa shape index (κ2) is 6.17. The zero-order valence-electron chi connectivity index (χ0n) is 14.0. The monoisotopic (exact) mass is 354 g/mol. The number of hydrogen-bond donors (Lipinski definition) is 2. The molecule has 10 heteroatoms. The zero-order valence-corrected chi connectivity index (χ0v) is 14.8. The molecule has 2 aromatic heterocycles. The van der Waals surface area contributed by atoms with Gasteiger partial charge in [0.15, 0.2) is 5.65 Å². The van der Waals surface area contributed by atoms with Crippen molar-refractivity contribution in [2.75, 3.05) is 18.4 Å². The van der Waals surface area contributed by atoms with E-state index in [1.165, 1.54) is 10.5 Å². The van der Waals surface area contributed by atoms with Crippen LogP contribution in [0.15, 0.2) is 11.0 Å². The summed E-state index contributed by atoms with van der Waals surface area (Å²) >= 11 is 0. The maximum atomic E-state index is 12.2. The van der Waals surface area contributed by atoms with Crippen molar-refractivity contribution in [1.29, 1.82) is 0 Å². The van der Waals surface area contributed by atoms with E-state index in [0.717, 1.165) is 0 Å². The maximum Gasteiger partial charge on any atom is 0.263 e. The van der Waals surface area contributed by atoms with Crippen molar-refractivity contribution in [2.45, 2.75) is 38.0 Å². The summed E-state index contributed by atoms with van der Waals surface area (Å²) in [5.74, 6) is 0.390. The van der Waals surface area contributed by atoms with Gasteiger partial charge in [-0.25, -0.2) is 12.7 Å². The van der Waals surface area contributed by atoms with Crippen molar-refractivity contribution < 1.29 is 8.42 Å². The number of aromatic amines is 1. The van der Waals surface area contributed by atoms with Crippen LogP contribution in [0.3, 0.4) is 0 Å². The lowest BCUT2D eigenvalue weighted by Gasteiger charge is -2.32. The fourth-order valence-electron chi connectivity index (χ4n) is 2.85. The van der Waals surface area contributed by atoms with Crippen molar-refractivity contribution in [2.24, 2.45) is 7.05 Å². The number of H-pyrrole nitrogens is 1. The number of anilines is 1. The summed E-state index contributed by atoms with van der Waals surface area (Å²) in [4.78, 5) is 19.1. The number of nitrogens with zero attached hydrogens (tertiary/aromatic N) is 4. The van der Waals surface area contributed by atoms with Crippen molar-refractivity contribution >= 4 is 27.0 Å². The minimum Gasteiger partial charge on any atom is -0.353 e. The van der Waals surface area contributed by atoms with Crippen LogP contribution < -0.4 is 10.9 Å². The van der Waals surface area contributed by atoms with Crippen LogP contribution in [0.25, 0.3) is 11.0 Å². The van der Waals surface area contributed by atoms with Crippen LogP contribution in [0.1, 0.15) is 26.7 Å². The lowest BCUT2D eigenvalue weighted by atomic mass is 10.1. The lowest BCUT2D eigenvalue weighted by Crippen LogP contribution is -2.45. The molecule has 3 rings (SSSR count).